The van der Waals surface area contributed by atoms with E-state index < -0.39 is 0 Å². The minimum absolute atomic E-state index is 1.01. The number of aromatic nitrogens is 3. The maximum absolute atomic E-state index is 4.27. The van der Waals surface area contributed by atoms with Crippen molar-refractivity contribution in [1.82, 2.24) is 15.2 Å². The van der Waals surface area contributed by atoms with Crippen molar-refractivity contribution in [2.24, 2.45) is 0 Å². The van der Waals surface area contributed by atoms with Crippen LogP contribution in [0, 0.1) is 0 Å². The number of aromatic amines is 1. The van der Waals surface area contributed by atoms with Crippen molar-refractivity contribution in [2.45, 2.75) is 0 Å². The Kier molecular flexibility index (Phi) is 1.16. The molecule has 0 aliphatic rings. The predicted octanol–water partition coefficient (Wildman–Crippen LogP) is 2.11. The van der Waals surface area contributed by atoms with Crippen molar-refractivity contribution >= 4 is 21.8 Å². The Hall–Kier alpha value is -1.90. The molecule has 13 heavy (non-hydrogen) atoms. The Morgan fingerprint density at radius 3 is 3.15 bits per heavy atom. The van der Waals surface area contributed by atoms with Gasteiger partial charge in [-0.3, -0.25) is 10.1 Å². The summed E-state index contributed by atoms with van der Waals surface area (Å²) >= 11 is 0. The number of fused-ring (bicyclic) bond motifs is 2. The molecular weight excluding hydrogens is 162 g/mol. The molecule has 0 radical (unpaired) electrons. The summed E-state index contributed by atoms with van der Waals surface area (Å²) < 4.78 is 0. The molecule has 0 spiro atoms. The van der Waals surface area contributed by atoms with Gasteiger partial charge in [0.15, 0.2) is 0 Å². The van der Waals surface area contributed by atoms with Crippen LogP contribution in [0.1, 0.15) is 0 Å². The normalized spacial score (nSPS) is 11.1. The van der Waals surface area contributed by atoms with Gasteiger partial charge in [-0.1, -0.05) is 6.07 Å². The van der Waals surface area contributed by atoms with Gasteiger partial charge in [0, 0.05) is 17.0 Å². The van der Waals surface area contributed by atoms with Gasteiger partial charge in [-0.2, -0.15) is 5.10 Å². The van der Waals surface area contributed by atoms with Crippen LogP contribution in [0.4, 0.5) is 0 Å². The van der Waals surface area contributed by atoms with Crippen molar-refractivity contribution in [3.8, 4) is 0 Å². The highest BCUT2D eigenvalue weighted by Crippen LogP contribution is 2.18. The Morgan fingerprint density at radius 1 is 1.15 bits per heavy atom. The smallest absolute Gasteiger partial charge is 0.0710 e. The summed E-state index contributed by atoms with van der Waals surface area (Å²) in [5.41, 5.74) is 2.07. The molecule has 2 aromatic heterocycles. The Balaban J connectivity index is 2.57. The lowest BCUT2D eigenvalue weighted by molar-refractivity contribution is 1.12. The number of nitrogens with one attached hydrogen (secondary N) is 1. The highest BCUT2D eigenvalue weighted by atomic mass is 15.1. The lowest BCUT2D eigenvalue weighted by Gasteiger charge is -1.95. The zero-order valence-corrected chi connectivity index (χ0v) is 6.86. The maximum Gasteiger partial charge on any atom is 0.0710 e. The Bertz CT molecular complexity index is 519. The number of hydrogen-bond donors (Lipinski definition) is 1. The first-order chi connectivity index (χ1) is 6.43. The molecule has 3 heteroatoms. The van der Waals surface area contributed by atoms with E-state index in [1.54, 1.807) is 6.20 Å². The molecule has 3 aromatic rings. The van der Waals surface area contributed by atoms with E-state index in [2.05, 4.69) is 21.2 Å². The molecule has 0 atom stereocenters. The molecule has 0 fully saturated rings. The molecule has 0 saturated heterocycles. The summed E-state index contributed by atoms with van der Waals surface area (Å²) in [6.45, 7) is 0. The van der Waals surface area contributed by atoms with Gasteiger partial charge in [-0.25, -0.2) is 0 Å². The van der Waals surface area contributed by atoms with Gasteiger partial charge >= 0.3 is 0 Å². The molecule has 2 heterocycles. The highest BCUT2D eigenvalue weighted by Gasteiger charge is 1.98. The van der Waals surface area contributed by atoms with Crippen molar-refractivity contribution < 1.29 is 0 Å². The fourth-order valence-corrected chi connectivity index (χ4v) is 1.51. The average molecular weight is 169 g/mol. The fraction of sp³-hybridized carbons (Fsp3) is 0. The van der Waals surface area contributed by atoms with Crippen LogP contribution in [-0.4, -0.2) is 15.2 Å². The molecule has 62 valence electrons. The lowest BCUT2D eigenvalue weighted by atomic mass is 10.2. The number of rotatable bonds is 0. The van der Waals surface area contributed by atoms with Gasteiger partial charge < -0.3 is 0 Å². The van der Waals surface area contributed by atoms with E-state index in [4.69, 9.17) is 0 Å². The molecule has 0 aliphatic carbocycles. The largest absolute Gasteiger partial charge is 0.278 e. The van der Waals surface area contributed by atoms with Crippen molar-refractivity contribution in [3.05, 3.63) is 36.7 Å². The minimum atomic E-state index is 1.01. The molecule has 0 unspecified atom stereocenters. The quantitative estimate of drug-likeness (QED) is 0.560. The summed E-state index contributed by atoms with van der Waals surface area (Å²) in [4.78, 5) is 4.27. The second kappa shape index (κ2) is 2.29. The number of pyridine rings is 1. The van der Waals surface area contributed by atoms with Crippen molar-refractivity contribution in [3.63, 3.8) is 0 Å². The third kappa shape index (κ3) is 0.902. The first kappa shape index (κ1) is 6.60. The second-order valence-electron chi connectivity index (χ2n) is 3.01. The molecule has 0 amide bonds. The maximum atomic E-state index is 4.27. The second-order valence-corrected chi connectivity index (χ2v) is 3.01. The number of benzene rings is 1. The standard InChI is InChI=1S/C10H7N3/c1-2-7-4-10-8(6-12-13-10)5-9(7)11-3-1/h1-6H,(H,12,13). The van der Waals surface area contributed by atoms with Crippen LogP contribution < -0.4 is 0 Å². The summed E-state index contributed by atoms with van der Waals surface area (Å²) in [6.07, 6.45) is 3.61. The summed E-state index contributed by atoms with van der Waals surface area (Å²) in [5, 5.41) is 9.15. The highest BCUT2D eigenvalue weighted by molar-refractivity contribution is 5.94. The molecule has 3 rings (SSSR count). The van der Waals surface area contributed by atoms with Crippen LogP contribution in [0.25, 0.3) is 21.8 Å². The first-order valence-electron chi connectivity index (χ1n) is 4.11. The molecule has 0 bridgehead atoms. The van der Waals surface area contributed by atoms with E-state index in [0.717, 1.165) is 21.8 Å². The van der Waals surface area contributed by atoms with Crippen LogP contribution in [0.2, 0.25) is 0 Å². The first-order valence-corrected chi connectivity index (χ1v) is 4.11. The van der Waals surface area contributed by atoms with E-state index in [0.29, 0.717) is 0 Å². The topological polar surface area (TPSA) is 41.6 Å². The van der Waals surface area contributed by atoms with Crippen molar-refractivity contribution in [1.29, 1.82) is 0 Å². The molecule has 1 aromatic carbocycles. The molecule has 1 N–H and O–H groups in total. The van der Waals surface area contributed by atoms with Crippen LogP contribution >= 0.6 is 0 Å². The number of hydrogen-bond acceptors (Lipinski definition) is 2. The molecule has 0 aliphatic heterocycles. The Labute approximate surface area is 74.4 Å². The van der Waals surface area contributed by atoms with Crippen LogP contribution in [0.3, 0.4) is 0 Å². The fourth-order valence-electron chi connectivity index (χ4n) is 1.51. The van der Waals surface area contributed by atoms with Crippen molar-refractivity contribution in [2.75, 3.05) is 0 Å². The molecular formula is C10H7N3. The third-order valence-electron chi connectivity index (χ3n) is 2.16. The predicted molar refractivity (Wildman–Crippen MR) is 51.4 cm³/mol. The Morgan fingerprint density at radius 2 is 2.15 bits per heavy atom. The van der Waals surface area contributed by atoms with Gasteiger partial charge in [0.1, 0.15) is 0 Å². The van der Waals surface area contributed by atoms with Crippen LogP contribution in [0.5, 0.6) is 0 Å². The van der Waals surface area contributed by atoms with E-state index in [1.165, 1.54) is 0 Å². The summed E-state index contributed by atoms with van der Waals surface area (Å²) in [7, 11) is 0. The van der Waals surface area contributed by atoms with Gasteiger partial charge in [0.25, 0.3) is 0 Å². The molecule has 3 nitrogen and oxygen atoms in total. The number of nitrogens with zero attached hydrogens (tertiary/aromatic N) is 2. The number of H-pyrrole nitrogens is 1. The zero-order valence-electron chi connectivity index (χ0n) is 6.86. The summed E-state index contributed by atoms with van der Waals surface area (Å²) in [5.74, 6) is 0. The third-order valence-corrected chi connectivity index (χ3v) is 2.16. The van der Waals surface area contributed by atoms with Crippen LogP contribution in [0.15, 0.2) is 36.7 Å². The van der Waals surface area contributed by atoms with Gasteiger partial charge in [-0.05, 0) is 18.2 Å². The summed E-state index contributed by atoms with van der Waals surface area (Å²) in [6, 6.07) is 8.08. The van der Waals surface area contributed by atoms with Gasteiger partial charge in [-0.15, -0.1) is 0 Å². The minimum Gasteiger partial charge on any atom is -0.278 e. The van der Waals surface area contributed by atoms with Gasteiger partial charge in [0.05, 0.1) is 17.2 Å². The SMILES string of the molecule is c1cnc2cc3cn[nH]c3cc2c1. The van der Waals surface area contributed by atoms with E-state index in [9.17, 15) is 0 Å². The van der Waals surface area contributed by atoms with E-state index in [-0.39, 0.29) is 0 Å². The van der Waals surface area contributed by atoms with Gasteiger partial charge in [0.2, 0.25) is 0 Å². The van der Waals surface area contributed by atoms with E-state index >= 15 is 0 Å². The average Bonchev–Trinajstić information content (AvgIpc) is 2.61. The van der Waals surface area contributed by atoms with E-state index in [1.807, 2.05) is 24.4 Å². The lowest BCUT2D eigenvalue weighted by Crippen LogP contribution is -1.76. The monoisotopic (exact) mass is 169 g/mol. The van der Waals surface area contributed by atoms with Crippen LogP contribution in [-0.2, 0) is 0 Å². The molecule has 0 saturated carbocycles. The zero-order chi connectivity index (χ0) is 8.67.